The van der Waals surface area contributed by atoms with Crippen LogP contribution in [0.15, 0.2) is 12.2 Å². The first-order chi connectivity index (χ1) is 7.02. The van der Waals surface area contributed by atoms with Gasteiger partial charge < -0.3 is 0 Å². The minimum atomic E-state index is -0.591. The summed E-state index contributed by atoms with van der Waals surface area (Å²) in [5.74, 6) is 0.150. The summed E-state index contributed by atoms with van der Waals surface area (Å²) in [5.41, 5.74) is -1.03. The number of hydrogen-bond donors (Lipinski definition) is 0. The van der Waals surface area contributed by atoms with E-state index in [0.717, 1.165) is 0 Å². The standard InChI is InChI=1S/C14H22O2/c1-12(2,3)14(13(4,5)6)9-10(15)7-8-11(14)16/h7-8H,9H2,1-6H3. The van der Waals surface area contributed by atoms with E-state index in [2.05, 4.69) is 0 Å². The topological polar surface area (TPSA) is 34.1 Å². The second kappa shape index (κ2) is 3.54. The van der Waals surface area contributed by atoms with Gasteiger partial charge in [0.1, 0.15) is 0 Å². The fraction of sp³-hybridized carbons (Fsp3) is 0.714. The first-order valence-electron chi connectivity index (χ1n) is 5.78. The van der Waals surface area contributed by atoms with Gasteiger partial charge in [-0.3, -0.25) is 9.59 Å². The molecule has 0 fully saturated rings. The molecule has 16 heavy (non-hydrogen) atoms. The fourth-order valence-corrected chi connectivity index (χ4v) is 3.11. The molecular weight excluding hydrogens is 200 g/mol. The van der Waals surface area contributed by atoms with Crippen LogP contribution in [0.2, 0.25) is 0 Å². The average Bonchev–Trinajstić information content (AvgIpc) is 2.04. The summed E-state index contributed by atoms with van der Waals surface area (Å²) in [6.45, 7) is 12.3. The summed E-state index contributed by atoms with van der Waals surface area (Å²) in [6.07, 6.45) is 3.20. The number of hydrogen-bond acceptors (Lipinski definition) is 2. The molecular formula is C14H22O2. The van der Waals surface area contributed by atoms with Crippen LogP contribution in [-0.2, 0) is 9.59 Å². The SMILES string of the molecule is CC(C)(C)C1(C(C)(C)C)CC(=O)C=CC1=O. The first-order valence-corrected chi connectivity index (χ1v) is 5.78. The lowest BCUT2D eigenvalue weighted by molar-refractivity contribution is -0.148. The summed E-state index contributed by atoms with van der Waals surface area (Å²) in [7, 11) is 0. The third-order valence-electron chi connectivity index (χ3n) is 3.84. The van der Waals surface area contributed by atoms with Gasteiger partial charge in [0, 0.05) is 11.8 Å². The van der Waals surface area contributed by atoms with Crippen LogP contribution in [0.4, 0.5) is 0 Å². The molecule has 0 N–H and O–H groups in total. The molecule has 0 unspecified atom stereocenters. The lowest BCUT2D eigenvalue weighted by Gasteiger charge is -2.52. The first kappa shape index (κ1) is 13.1. The van der Waals surface area contributed by atoms with Crippen molar-refractivity contribution < 1.29 is 9.59 Å². The van der Waals surface area contributed by atoms with Crippen molar-refractivity contribution in [3.63, 3.8) is 0 Å². The van der Waals surface area contributed by atoms with Crippen LogP contribution in [0.1, 0.15) is 48.0 Å². The lowest BCUT2D eigenvalue weighted by Crippen LogP contribution is -2.54. The fourth-order valence-electron chi connectivity index (χ4n) is 3.11. The van der Waals surface area contributed by atoms with Crippen molar-refractivity contribution in [3.8, 4) is 0 Å². The lowest BCUT2D eigenvalue weighted by atomic mass is 9.49. The number of carbonyl (C=O) groups excluding carboxylic acids is 2. The molecule has 2 nitrogen and oxygen atoms in total. The highest BCUT2D eigenvalue weighted by Crippen LogP contribution is 2.55. The normalized spacial score (nSPS) is 21.4. The van der Waals surface area contributed by atoms with Crippen LogP contribution < -0.4 is 0 Å². The molecule has 0 aromatic heterocycles. The number of ketones is 2. The molecule has 0 bridgehead atoms. The molecule has 0 aromatic carbocycles. The van der Waals surface area contributed by atoms with Crippen molar-refractivity contribution in [1.29, 1.82) is 0 Å². The summed E-state index contributed by atoms with van der Waals surface area (Å²) >= 11 is 0. The minimum absolute atomic E-state index is 0.0597. The zero-order chi connectivity index (χ0) is 12.8. The van der Waals surface area contributed by atoms with Gasteiger partial charge in [0.05, 0.1) is 0 Å². The minimum Gasteiger partial charge on any atom is -0.295 e. The molecule has 2 heteroatoms. The zero-order valence-electron chi connectivity index (χ0n) is 11.2. The van der Waals surface area contributed by atoms with Crippen molar-refractivity contribution in [2.45, 2.75) is 48.0 Å². The van der Waals surface area contributed by atoms with Crippen molar-refractivity contribution in [2.75, 3.05) is 0 Å². The number of carbonyl (C=O) groups is 2. The van der Waals surface area contributed by atoms with Crippen molar-refractivity contribution in [1.82, 2.24) is 0 Å². The van der Waals surface area contributed by atoms with Crippen molar-refractivity contribution in [3.05, 3.63) is 12.2 Å². The van der Waals surface area contributed by atoms with E-state index >= 15 is 0 Å². The maximum absolute atomic E-state index is 12.3. The second-order valence-electron chi connectivity index (χ2n) is 6.75. The predicted octanol–water partition coefficient (Wildman–Crippen LogP) is 3.16. The average molecular weight is 222 g/mol. The zero-order valence-corrected chi connectivity index (χ0v) is 11.2. The van der Waals surface area contributed by atoms with Crippen molar-refractivity contribution >= 4 is 11.6 Å². The summed E-state index contributed by atoms with van der Waals surface area (Å²) in [4.78, 5) is 24.0. The quantitative estimate of drug-likeness (QED) is 0.631. The molecule has 0 radical (unpaired) electrons. The Balaban J connectivity index is 3.43. The van der Waals surface area contributed by atoms with E-state index in [0.29, 0.717) is 6.42 Å². The van der Waals surface area contributed by atoms with Gasteiger partial charge in [-0.2, -0.15) is 0 Å². The van der Waals surface area contributed by atoms with E-state index in [1.165, 1.54) is 12.2 Å². The Hall–Kier alpha value is -0.920. The van der Waals surface area contributed by atoms with Gasteiger partial charge in [0.25, 0.3) is 0 Å². The molecule has 1 aliphatic rings. The molecule has 0 aromatic rings. The Morgan fingerprint density at radius 1 is 0.938 bits per heavy atom. The van der Waals surface area contributed by atoms with Gasteiger partial charge in [-0.05, 0) is 23.0 Å². The molecule has 0 spiro atoms. The van der Waals surface area contributed by atoms with Gasteiger partial charge in [-0.25, -0.2) is 0 Å². The Kier molecular flexibility index (Phi) is 2.91. The van der Waals surface area contributed by atoms with Crippen LogP contribution in [0.3, 0.4) is 0 Å². The van der Waals surface area contributed by atoms with E-state index < -0.39 is 5.41 Å². The van der Waals surface area contributed by atoms with Gasteiger partial charge in [0.2, 0.25) is 0 Å². The monoisotopic (exact) mass is 222 g/mol. The Morgan fingerprint density at radius 3 is 1.69 bits per heavy atom. The highest BCUT2D eigenvalue weighted by molar-refractivity contribution is 6.08. The molecule has 0 heterocycles. The molecule has 0 saturated carbocycles. The largest absolute Gasteiger partial charge is 0.295 e. The van der Waals surface area contributed by atoms with Crippen molar-refractivity contribution in [2.24, 2.45) is 16.2 Å². The van der Waals surface area contributed by atoms with Crippen LogP contribution in [-0.4, -0.2) is 11.6 Å². The van der Waals surface area contributed by atoms with E-state index in [1.54, 1.807) is 0 Å². The number of rotatable bonds is 0. The van der Waals surface area contributed by atoms with Gasteiger partial charge in [0.15, 0.2) is 11.6 Å². The Morgan fingerprint density at radius 2 is 1.38 bits per heavy atom. The summed E-state index contributed by atoms with van der Waals surface area (Å²) in [6, 6.07) is 0. The third-order valence-corrected chi connectivity index (χ3v) is 3.84. The summed E-state index contributed by atoms with van der Waals surface area (Å²) < 4.78 is 0. The van der Waals surface area contributed by atoms with Crippen LogP contribution in [0.25, 0.3) is 0 Å². The van der Waals surface area contributed by atoms with Crippen LogP contribution in [0, 0.1) is 16.2 Å². The molecule has 90 valence electrons. The van der Waals surface area contributed by atoms with Crippen LogP contribution >= 0.6 is 0 Å². The summed E-state index contributed by atoms with van der Waals surface area (Å²) in [5, 5.41) is 0. The highest BCUT2D eigenvalue weighted by Gasteiger charge is 2.56. The highest BCUT2D eigenvalue weighted by atomic mass is 16.1. The maximum Gasteiger partial charge on any atom is 0.163 e. The maximum atomic E-state index is 12.3. The molecule has 0 amide bonds. The molecule has 1 aliphatic carbocycles. The predicted molar refractivity (Wildman–Crippen MR) is 65.1 cm³/mol. The van der Waals surface area contributed by atoms with E-state index in [-0.39, 0.29) is 22.4 Å². The number of allylic oxidation sites excluding steroid dienone is 2. The molecule has 0 aliphatic heterocycles. The van der Waals surface area contributed by atoms with Gasteiger partial charge in [-0.15, -0.1) is 0 Å². The third kappa shape index (κ3) is 1.74. The Labute approximate surface area is 98.1 Å². The Bertz CT molecular complexity index is 334. The second-order valence-corrected chi connectivity index (χ2v) is 6.75. The smallest absolute Gasteiger partial charge is 0.163 e. The van der Waals surface area contributed by atoms with E-state index in [9.17, 15) is 9.59 Å². The van der Waals surface area contributed by atoms with Crippen LogP contribution in [0.5, 0.6) is 0 Å². The molecule has 0 saturated heterocycles. The van der Waals surface area contributed by atoms with Gasteiger partial charge in [-0.1, -0.05) is 41.5 Å². The molecule has 0 atom stereocenters. The van der Waals surface area contributed by atoms with E-state index in [1.807, 2.05) is 41.5 Å². The molecule has 1 rings (SSSR count). The van der Waals surface area contributed by atoms with Gasteiger partial charge >= 0.3 is 0 Å². The van der Waals surface area contributed by atoms with E-state index in [4.69, 9.17) is 0 Å².